The molecule has 3 aliphatic heterocycles. The molecule has 1 amide bonds. The van der Waals surface area contributed by atoms with E-state index in [1.807, 2.05) is 0 Å². The highest BCUT2D eigenvalue weighted by Gasteiger charge is 2.55. The Hall–Kier alpha value is -6.39. The Bertz CT molecular complexity index is 3130. The Morgan fingerprint density at radius 1 is 0.708 bits per heavy atom. The molecule has 5 fully saturated rings. The summed E-state index contributed by atoms with van der Waals surface area (Å²) in [5, 5.41) is 120. The van der Waals surface area contributed by atoms with E-state index in [-0.39, 0.29) is 60.7 Å². The van der Waals surface area contributed by atoms with E-state index in [4.69, 9.17) is 37.9 Å². The summed E-state index contributed by atoms with van der Waals surface area (Å²) >= 11 is 0. The Labute approximate surface area is 509 Å². The van der Waals surface area contributed by atoms with E-state index in [1.54, 1.807) is 54.7 Å². The van der Waals surface area contributed by atoms with Crippen LogP contribution in [-0.2, 0) is 47.5 Å². The normalized spacial score (nSPS) is 33.1. The third-order valence-corrected chi connectivity index (χ3v) is 17.3. The zero-order chi connectivity index (χ0) is 63.2. The van der Waals surface area contributed by atoms with Gasteiger partial charge < -0.3 is 89.2 Å². The minimum Gasteiger partial charge on any atom is -0.479 e. The number of rotatable bonds is 22. The van der Waals surface area contributed by atoms with Crippen molar-refractivity contribution in [2.75, 3.05) is 26.4 Å². The quantitative estimate of drug-likeness (QED) is 0.0344. The molecule has 2 aliphatic carbocycles. The number of ether oxygens (including phenoxy) is 8. The van der Waals surface area contributed by atoms with Gasteiger partial charge in [-0.15, -0.1) is 10.2 Å². The highest BCUT2D eigenvalue weighted by molar-refractivity contribution is 5.89. The van der Waals surface area contributed by atoms with Crippen molar-refractivity contribution in [2.45, 2.75) is 182 Å². The van der Waals surface area contributed by atoms with Crippen molar-refractivity contribution in [3.05, 3.63) is 108 Å². The molecule has 20 atom stereocenters. The van der Waals surface area contributed by atoms with Gasteiger partial charge >= 0.3 is 11.9 Å². The number of hydrogen-bond acceptors (Lipinski definition) is 23. The molecule has 0 spiro atoms. The molecule has 3 aromatic carbocycles. The van der Waals surface area contributed by atoms with Crippen LogP contribution in [0.3, 0.4) is 0 Å². The van der Waals surface area contributed by atoms with Gasteiger partial charge in [0.2, 0.25) is 5.91 Å². The van der Waals surface area contributed by atoms with Crippen molar-refractivity contribution >= 4 is 17.8 Å². The van der Waals surface area contributed by atoms with Crippen LogP contribution in [0.4, 0.5) is 8.78 Å². The molecule has 10 N–H and O–H groups in total. The topological polar surface area (TPSA) is 381 Å². The van der Waals surface area contributed by atoms with E-state index < -0.39 is 165 Å². The minimum atomic E-state index is -1.88. The van der Waals surface area contributed by atoms with Gasteiger partial charge in [0.25, 0.3) is 0 Å². The predicted molar refractivity (Wildman–Crippen MR) is 300 cm³/mol. The molecular weight excluding hydrogens is 1180 g/mol. The predicted octanol–water partition coefficient (Wildman–Crippen LogP) is 1.26. The fourth-order valence-corrected chi connectivity index (χ4v) is 12.4. The van der Waals surface area contributed by atoms with Crippen molar-refractivity contribution < 1.29 is 107 Å². The zero-order valence-corrected chi connectivity index (χ0v) is 48.6. The molecular formula is C60H75F2N7O20. The van der Waals surface area contributed by atoms with E-state index in [0.29, 0.717) is 11.3 Å². The largest absolute Gasteiger partial charge is 0.479 e. The van der Waals surface area contributed by atoms with Crippen molar-refractivity contribution in [2.24, 2.45) is 11.8 Å². The molecule has 9 unspecified atom stereocenters. The average Bonchev–Trinajstić information content (AvgIpc) is 1.90. The maximum atomic E-state index is 14.8. The second-order valence-corrected chi connectivity index (χ2v) is 23.3. The summed E-state index contributed by atoms with van der Waals surface area (Å²) in [6.45, 7) is 0.571. The number of aryl methyl sites for hydroxylation is 1. The summed E-state index contributed by atoms with van der Waals surface area (Å²) in [4.78, 5) is 42.1. The number of aromatic nitrogens is 6. The molecule has 89 heavy (non-hydrogen) atoms. The highest BCUT2D eigenvalue weighted by Crippen LogP contribution is 2.42. The minimum absolute atomic E-state index is 0.00472. The van der Waals surface area contributed by atoms with E-state index in [9.17, 15) is 69.1 Å². The van der Waals surface area contributed by atoms with Crippen LogP contribution < -0.4 is 5.32 Å². The Morgan fingerprint density at radius 3 is 2.04 bits per heavy atom. The van der Waals surface area contributed by atoms with Crippen molar-refractivity contribution in [1.82, 2.24) is 35.3 Å². The van der Waals surface area contributed by atoms with Crippen molar-refractivity contribution in [3.63, 3.8) is 0 Å². The van der Waals surface area contributed by atoms with Crippen LogP contribution in [0.25, 0.3) is 22.5 Å². The number of carboxylic acids is 1. The molecule has 5 heterocycles. The van der Waals surface area contributed by atoms with Gasteiger partial charge in [0.1, 0.15) is 78.5 Å². The molecule has 3 saturated heterocycles. The van der Waals surface area contributed by atoms with E-state index in [2.05, 4.69) is 25.9 Å². The number of aliphatic hydroxyl groups is 8. The van der Waals surface area contributed by atoms with Crippen LogP contribution in [0.5, 0.6) is 0 Å². The fourth-order valence-electron chi connectivity index (χ4n) is 12.4. The zero-order valence-electron chi connectivity index (χ0n) is 48.6. The highest BCUT2D eigenvalue weighted by atomic mass is 19.2. The van der Waals surface area contributed by atoms with E-state index in [1.165, 1.54) is 42.9 Å². The SMILES string of the molecule is Cc1cc(-c2cn(C3C(O)[C@@H](OCCNC(=O)C4CC(n5cc(-c6ccccc6)nn5)[C@@H](O[C@@H]5OC(C)[C@@H](O)[C@H](O)C5O)[C@H](O[C@@H]5O[C@@H](CO)[C@H](O)C(O[C@@H](CC6CCCCC6)C(=O)O)C5OC(=O)c5ccccc5)C4)OC(CO)[C@H]3O)nn2)cc(F)c1F. The summed E-state index contributed by atoms with van der Waals surface area (Å²) < 4.78 is 81.0. The number of carbonyl (C=O) groups is 3. The lowest BCUT2D eigenvalue weighted by Crippen LogP contribution is -2.64. The molecule has 2 aromatic heterocycles. The monoisotopic (exact) mass is 1250 g/mol. The van der Waals surface area contributed by atoms with Crippen LogP contribution in [0.1, 0.15) is 86.3 Å². The maximum absolute atomic E-state index is 14.8. The molecule has 27 nitrogen and oxygen atoms in total. The molecule has 29 heteroatoms. The van der Waals surface area contributed by atoms with Gasteiger partial charge in [-0.2, -0.15) is 0 Å². The molecule has 5 aromatic rings. The number of aliphatic carboxylic acids is 1. The summed E-state index contributed by atoms with van der Waals surface area (Å²) in [5.41, 5.74) is 1.28. The maximum Gasteiger partial charge on any atom is 0.338 e. The fraction of sp³-hybridized carbons (Fsp3) is 0.583. The summed E-state index contributed by atoms with van der Waals surface area (Å²) in [6.07, 6.45) is -20.8. The number of hydrogen-bond donors (Lipinski definition) is 10. The average molecular weight is 1250 g/mol. The van der Waals surface area contributed by atoms with Gasteiger partial charge in [-0.05, 0) is 68.9 Å². The number of esters is 1. The number of halogens is 2. The molecule has 2 saturated carbocycles. The van der Waals surface area contributed by atoms with Crippen molar-refractivity contribution in [1.29, 1.82) is 0 Å². The number of aliphatic hydroxyl groups excluding tert-OH is 8. The number of carboxylic acid groups (broad SMARTS) is 1. The van der Waals surface area contributed by atoms with E-state index >= 15 is 0 Å². The van der Waals surface area contributed by atoms with Gasteiger partial charge in [0, 0.05) is 23.6 Å². The molecule has 484 valence electrons. The Morgan fingerprint density at radius 2 is 1.36 bits per heavy atom. The summed E-state index contributed by atoms with van der Waals surface area (Å²) in [7, 11) is 0. The first-order chi connectivity index (χ1) is 42.8. The second kappa shape index (κ2) is 29.3. The number of nitrogens with one attached hydrogen (secondary N) is 1. The third-order valence-electron chi connectivity index (χ3n) is 17.3. The number of carbonyl (C=O) groups excluding carboxylic acids is 2. The smallest absolute Gasteiger partial charge is 0.338 e. The Kier molecular flexibility index (Phi) is 21.6. The first kappa shape index (κ1) is 65.6. The van der Waals surface area contributed by atoms with Crippen LogP contribution in [0, 0.1) is 30.4 Å². The standard InChI is InChI=1S/C60H75F2N7O20/c1-29-20-34(22-36(61)44(29)62)38-26-69(67-65-38)45-47(73)42(27-70)86-58(49(45)75)82-19-18-63-55(78)35-23-39(68-25-37(64-66-68)32-14-8-4-9-15-32)52(89-59-51(77)50(76)46(72)30(2)83-59)40(24-35)85-60-54(88-57(81)33-16-10-5-11-17-33)53(48(74)43(28-71)87-60)84-41(56(79)80)21-31-12-6-3-7-13-31/h4-5,8-11,14-17,20,22,25-26,30-31,35,39-43,45-54,58-60,70-77H,3,6-7,12-13,18-19,21,23-24,27-28H2,1-2H3,(H,63,78)(H,79,80)/t30?,35?,39?,40-,41+,42?,43+,45?,46-,47-,48+,49?,50+,51?,52-,53?,54?,58+,59+,60-/m1/s1. The summed E-state index contributed by atoms with van der Waals surface area (Å²) in [6, 6.07) is 16.4. The lowest BCUT2D eigenvalue weighted by Gasteiger charge is -2.48. The van der Waals surface area contributed by atoms with Gasteiger partial charge in [-0.3, -0.25) is 4.79 Å². The van der Waals surface area contributed by atoms with Gasteiger partial charge in [0.05, 0.1) is 56.0 Å². The Balaban J connectivity index is 0.952. The van der Waals surface area contributed by atoms with Crippen LogP contribution in [0.15, 0.2) is 85.2 Å². The lowest BCUT2D eigenvalue weighted by atomic mass is 9.80. The number of benzene rings is 3. The first-order valence-corrected chi connectivity index (χ1v) is 29.8. The van der Waals surface area contributed by atoms with Crippen LogP contribution >= 0.6 is 0 Å². The molecule has 10 rings (SSSR count). The number of nitrogens with zero attached hydrogens (tertiary/aromatic N) is 6. The molecule has 0 radical (unpaired) electrons. The first-order valence-electron chi connectivity index (χ1n) is 29.8. The van der Waals surface area contributed by atoms with Gasteiger partial charge in [-0.1, -0.05) is 91.1 Å². The third kappa shape index (κ3) is 14.9. The van der Waals surface area contributed by atoms with Gasteiger partial charge in [-0.25, -0.2) is 27.7 Å². The van der Waals surface area contributed by atoms with Gasteiger partial charge in [0.15, 0.2) is 42.7 Å². The van der Waals surface area contributed by atoms with Crippen molar-refractivity contribution in [3.8, 4) is 22.5 Å². The molecule has 0 bridgehead atoms. The number of amides is 1. The summed E-state index contributed by atoms with van der Waals surface area (Å²) in [5.74, 6) is -6.28. The van der Waals surface area contributed by atoms with E-state index in [0.717, 1.165) is 42.9 Å². The second-order valence-electron chi connectivity index (χ2n) is 23.3. The lowest BCUT2D eigenvalue weighted by molar-refractivity contribution is -0.348. The van der Waals surface area contributed by atoms with Crippen LogP contribution in [0.2, 0.25) is 0 Å². The molecule has 5 aliphatic rings. The van der Waals surface area contributed by atoms with Crippen LogP contribution in [-0.4, -0.2) is 224 Å².